The Kier molecular flexibility index (Phi) is 3.68. The molecule has 1 aromatic heterocycles. The number of nitrogens with zero attached hydrogens (tertiary/aromatic N) is 1. The molecule has 2 aromatic rings. The lowest BCUT2D eigenvalue weighted by atomic mass is 10.2. The summed E-state index contributed by atoms with van der Waals surface area (Å²) in [7, 11) is 0. The summed E-state index contributed by atoms with van der Waals surface area (Å²) in [6.07, 6.45) is 0. The molecule has 5 heteroatoms. The lowest BCUT2D eigenvalue weighted by Gasteiger charge is -1.98. The standard InChI is InChI=1S/C12H15N3OS/c1-3-13-11(16)7-17-12-14-9-5-4-8(2)6-10(9)15-12/h4-6H,3,7H2,1-2H3,(H,13,16)(H,14,15). The molecule has 0 radical (unpaired) electrons. The van der Waals surface area contributed by atoms with Crippen LogP contribution in [-0.4, -0.2) is 28.2 Å². The molecule has 1 aromatic carbocycles. The predicted molar refractivity (Wildman–Crippen MR) is 70.2 cm³/mol. The Bertz CT molecular complexity index is 536. The molecule has 2 N–H and O–H groups in total. The topological polar surface area (TPSA) is 57.8 Å². The second kappa shape index (κ2) is 5.23. The SMILES string of the molecule is CCNC(=O)CSc1nc2ccc(C)cc2[nH]1. The number of aromatic amines is 1. The van der Waals surface area contributed by atoms with Crippen molar-refractivity contribution in [2.45, 2.75) is 19.0 Å². The summed E-state index contributed by atoms with van der Waals surface area (Å²) in [5, 5.41) is 3.55. The Morgan fingerprint density at radius 2 is 2.35 bits per heavy atom. The maximum absolute atomic E-state index is 11.3. The van der Waals surface area contributed by atoms with E-state index in [4.69, 9.17) is 0 Å². The normalized spacial score (nSPS) is 10.7. The van der Waals surface area contributed by atoms with E-state index in [-0.39, 0.29) is 5.91 Å². The number of benzene rings is 1. The molecule has 0 fully saturated rings. The van der Waals surface area contributed by atoms with Gasteiger partial charge in [0.15, 0.2) is 5.16 Å². The van der Waals surface area contributed by atoms with Crippen LogP contribution in [0, 0.1) is 6.92 Å². The second-order valence-corrected chi connectivity index (χ2v) is 4.77. The summed E-state index contributed by atoms with van der Waals surface area (Å²) < 4.78 is 0. The van der Waals surface area contributed by atoms with Crippen molar-refractivity contribution in [3.8, 4) is 0 Å². The zero-order valence-electron chi connectivity index (χ0n) is 9.91. The van der Waals surface area contributed by atoms with Crippen molar-refractivity contribution in [2.75, 3.05) is 12.3 Å². The van der Waals surface area contributed by atoms with Crippen molar-refractivity contribution in [3.63, 3.8) is 0 Å². The van der Waals surface area contributed by atoms with Gasteiger partial charge in [-0.1, -0.05) is 17.8 Å². The Morgan fingerprint density at radius 1 is 1.53 bits per heavy atom. The van der Waals surface area contributed by atoms with Crippen molar-refractivity contribution in [1.82, 2.24) is 15.3 Å². The predicted octanol–water partition coefficient (Wildman–Crippen LogP) is 2.10. The Morgan fingerprint density at radius 3 is 3.12 bits per heavy atom. The zero-order valence-corrected chi connectivity index (χ0v) is 10.7. The molecule has 1 amide bonds. The zero-order chi connectivity index (χ0) is 12.3. The van der Waals surface area contributed by atoms with Crippen LogP contribution >= 0.6 is 11.8 Å². The quantitative estimate of drug-likeness (QED) is 0.816. The third kappa shape index (κ3) is 3.00. The fraction of sp³-hybridized carbons (Fsp3) is 0.333. The van der Waals surface area contributed by atoms with E-state index < -0.39 is 0 Å². The highest BCUT2D eigenvalue weighted by Crippen LogP contribution is 2.19. The third-order valence-electron chi connectivity index (χ3n) is 2.33. The van der Waals surface area contributed by atoms with E-state index in [1.807, 2.05) is 26.0 Å². The van der Waals surface area contributed by atoms with E-state index >= 15 is 0 Å². The molecule has 0 saturated carbocycles. The van der Waals surface area contributed by atoms with Gasteiger partial charge >= 0.3 is 0 Å². The number of carbonyl (C=O) groups excluding carboxylic acids is 1. The number of carbonyl (C=O) groups is 1. The van der Waals surface area contributed by atoms with E-state index in [1.165, 1.54) is 17.3 Å². The number of fused-ring (bicyclic) bond motifs is 1. The number of amides is 1. The van der Waals surface area contributed by atoms with Gasteiger partial charge in [0.05, 0.1) is 16.8 Å². The van der Waals surface area contributed by atoms with Gasteiger partial charge in [-0.05, 0) is 31.5 Å². The second-order valence-electron chi connectivity index (χ2n) is 3.80. The summed E-state index contributed by atoms with van der Waals surface area (Å²) in [6.45, 7) is 4.62. The maximum atomic E-state index is 11.3. The van der Waals surface area contributed by atoms with E-state index in [0.717, 1.165) is 16.2 Å². The van der Waals surface area contributed by atoms with Crippen molar-refractivity contribution in [3.05, 3.63) is 23.8 Å². The molecule has 90 valence electrons. The molecule has 0 aliphatic carbocycles. The first-order valence-corrected chi connectivity index (χ1v) is 6.53. The smallest absolute Gasteiger partial charge is 0.230 e. The monoisotopic (exact) mass is 249 g/mol. The van der Waals surface area contributed by atoms with Gasteiger partial charge in [0.1, 0.15) is 0 Å². The summed E-state index contributed by atoms with van der Waals surface area (Å²) in [5.74, 6) is 0.432. The van der Waals surface area contributed by atoms with Crippen LogP contribution in [-0.2, 0) is 4.79 Å². The van der Waals surface area contributed by atoms with E-state index in [2.05, 4.69) is 21.4 Å². The molecular formula is C12H15N3OS. The largest absolute Gasteiger partial charge is 0.356 e. The minimum absolute atomic E-state index is 0.0362. The van der Waals surface area contributed by atoms with E-state index in [0.29, 0.717) is 12.3 Å². The highest BCUT2D eigenvalue weighted by molar-refractivity contribution is 7.99. The number of nitrogens with one attached hydrogen (secondary N) is 2. The van der Waals surface area contributed by atoms with E-state index in [9.17, 15) is 4.79 Å². The molecule has 2 rings (SSSR count). The van der Waals surface area contributed by atoms with Crippen molar-refractivity contribution in [2.24, 2.45) is 0 Å². The summed E-state index contributed by atoms with van der Waals surface area (Å²) in [5.41, 5.74) is 3.15. The molecule has 0 unspecified atom stereocenters. The van der Waals surface area contributed by atoms with Gasteiger partial charge in [-0.3, -0.25) is 4.79 Å². The number of imidazole rings is 1. The summed E-state index contributed by atoms with van der Waals surface area (Å²) in [4.78, 5) is 18.9. The molecule has 17 heavy (non-hydrogen) atoms. The first-order valence-electron chi connectivity index (χ1n) is 5.55. The number of aryl methyl sites for hydroxylation is 1. The van der Waals surface area contributed by atoms with Gasteiger partial charge in [0.25, 0.3) is 0 Å². The van der Waals surface area contributed by atoms with E-state index in [1.54, 1.807) is 0 Å². The Balaban J connectivity index is 2.07. The average Bonchev–Trinajstić information content (AvgIpc) is 2.68. The minimum atomic E-state index is 0.0362. The molecule has 0 atom stereocenters. The first kappa shape index (κ1) is 12.0. The number of thioether (sulfide) groups is 1. The van der Waals surface area contributed by atoms with Gasteiger partial charge in [-0.15, -0.1) is 0 Å². The van der Waals surface area contributed by atoms with Crippen LogP contribution < -0.4 is 5.32 Å². The van der Waals surface area contributed by atoms with Crippen LogP contribution in [0.4, 0.5) is 0 Å². The van der Waals surface area contributed by atoms with Crippen molar-refractivity contribution < 1.29 is 4.79 Å². The molecule has 0 aliphatic rings. The van der Waals surface area contributed by atoms with Crippen LogP contribution in [0.3, 0.4) is 0 Å². The number of hydrogen-bond donors (Lipinski definition) is 2. The molecule has 0 spiro atoms. The Labute approximate surface area is 104 Å². The van der Waals surface area contributed by atoms with Crippen LogP contribution in [0.25, 0.3) is 11.0 Å². The van der Waals surface area contributed by atoms with Gasteiger partial charge in [0.2, 0.25) is 5.91 Å². The molecule has 0 saturated heterocycles. The number of hydrogen-bond acceptors (Lipinski definition) is 3. The fourth-order valence-electron chi connectivity index (χ4n) is 1.55. The lowest BCUT2D eigenvalue weighted by molar-refractivity contribution is -0.118. The Hall–Kier alpha value is -1.49. The number of rotatable bonds is 4. The van der Waals surface area contributed by atoms with Gasteiger partial charge in [-0.25, -0.2) is 4.98 Å². The molecule has 4 nitrogen and oxygen atoms in total. The number of aromatic nitrogens is 2. The van der Waals surface area contributed by atoms with Crippen LogP contribution in [0.2, 0.25) is 0 Å². The molecule has 0 bridgehead atoms. The minimum Gasteiger partial charge on any atom is -0.356 e. The highest BCUT2D eigenvalue weighted by atomic mass is 32.2. The average molecular weight is 249 g/mol. The molecule has 0 aliphatic heterocycles. The summed E-state index contributed by atoms with van der Waals surface area (Å²) >= 11 is 1.42. The summed E-state index contributed by atoms with van der Waals surface area (Å²) in [6, 6.07) is 6.07. The van der Waals surface area contributed by atoms with Crippen LogP contribution in [0.5, 0.6) is 0 Å². The molecule has 1 heterocycles. The van der Waals surface area contributed by atoms with Crippen LogP contribution in [0.15, 0.2) is 23.4 Å². The molecular weight excluding hydrogens is 234 g/mol. The lowest BCUT2D eigenvalue weighted by Crippen LogP contribution is -2.24. The highest BCUT2D eigenvalue weighted by Gasteiger charge is 2.06. The fourth-order valence-corrected chi connectivity index (χ4v) is 2.27. The van der Waals surface area contributed by atoms with Gasteiger partial charge in [-0.2, -0.15) is 0 Å². The van der Waals surface area contributed by atoms with Gasteiger partial charge < -0.3 is 10.3 Å². The third-order valence-corrected chi connectivity index (χ3v) is 3.20. The maximum Gasteiger partial charge on any atom is 0.230 e. The van der Waals surface area contributed by atoms with Crippen LogP contribution in [0.1, 0.15) is 12.5 Å². The van der Waals surface area contributed by atoms with Crippen molar-refractivity contribution >= 4 is 28.7 Å². The first-order chi connectivity index (χ1) is 8.19. The number of H-pyrrole nitrogens is 1. The van der Waals surface area contributed by atoms with Gasteiger partial charge in [0, 0.05) is 6.54 Å². The van der Waals surface area contributed by atoms with Crippen molar-refractivity contribution in [1.29, 1.82) is 0 Å².